The van der Waals surface area contributed by atoms with Gasteiger partial charge in [0.15, 0.2) is 6.73 Å². The van der Waals surface area contributed by atoms with Crippen molar-refractivity contribution in [2.24, 2.45) is 0 Å². The standard InChI is InChI=1S/C13H23NO3/c15-13(16)8-6-4-2-1-3-5-7-9-14-10-11-17-12-14/h10-11H,1-9,12H2,(H,15,16). The van der Waals surface area contributed by atoms with Crippen LogP contribution in [0.5, 0.6) is 0 Å². The average Bonchev–Trinajstić information content (AvgIpc) is 2.79. The van der Waals surface area contributed by atoms with Gasteiger partial charge in [-0.05, 0) is 12.8 Å². The minimum Gasteiger partial charge on any atom is -0.481 e. The van der Waals surface area contributed by atoms with Crippen LogP contribution < -0.4 is 0 Å². The molecule has 0 radical (unpaired) electrons. The molecule has 0 aliphatic carbocycles. The Labute approximate surface area is 103 Å². The Morgan fingerprint density at radius 2 is 1.76 bits per heavy atom. The molecule has 0 aromatic carbocycles. The highest BCUT2D eigenvalue weighted by molar-refractivity contribution is 5.66. The Balaban J connectivity index is 1.75. The Morgan fingerprint density at radius 3 is 2.35 bits per heavy atom. The van der Waals surface area contributed by atoms with E-state index < -0.39 is 5.97 Å². The normalized spacial score (nSPS) is 14.0. The number of hydrogen-bond acceptors (Lipinski definition) is 3. The highest BCUT2D eigenvalue weighted by atomic mass is 16.5. The van der Waals surface area contributed by atoms with Crippen LogP contribution in [-0.4, -0.2) is 29.3 Å². The molecule has 0 spiro atoms. The van der Waals surface area contributed by atoms with E-state index in [0.717, 1.165) is 19.4 Å². The first-order valence-electron chi connectivity index (χ1n) is 6.53. The summed E-state index contributed by atoms with van der Waals surface area (Å²) in [5, 5.41) is 8.47. The summed E-state index contributed by atoms with van der Waals surface area (Å²) >= 11 is 0. The van der Waals surface area contributed by atoms with Crippen LogP contribution in [0, 0.1) is 0 Å². The third-order valence-electron chi connectivity index (χ3n) is 2.94. The van der Waals surface area contributed by atoms with E-state index in [9.17, 15) is 4.79 Å². The number of nitrogens with zero attached hydrogens (tertiary/aromatic N) is 1. The molecule has 4 heteroatoms. The molecule has 0 saturated heterocycles. The average molecular weight is 241 g/mol. The van der Waals surface area contributed by atoms with Crippen molar-refractivity contribution in [3.63, 3.8) is 0 Å². The third-order valence-corrected chi connectivity index (χ3v) is 2.94. The quantitative estimate of drug-likeness (QED) is 0.597. The molecule has 1 heterocycles. The zero-order chi connectivity index (χ0) is 12.3. The van der Waals surface area contributed by atoms with Gasteiger partial charge in [0.05, 0.1) is 0 Å². The minimum absolute atomic E-state index is 0.321. The first-order valence-corrected chi connectivity index (χ1v) is 6.53. The zero-order valence-corrected chi connectivity index (χ0v) is 10.4. The molecular weight excluding hydrogens is 218 g/mol. The summed E-state index contributed by atoms with van der Waals surface area (Å²) in [6.07, 6.45) is 12.0. The lowest BCUT2D eigenvalue weighted by molar-refractivity contribution is -0.137. The maximum atomic E-state index is 10.3. The molecule has 1 aliphatic rings. The van der Waals surface area contributed by atoms with Crippen molar-refractivity contribution in [2.45, 2.75) is 51.4 Å². The van der Waals surface area contributed by atoms with Crippen molar-refractivity contribution in [1.82, 2.24) is 4.90 Å². The zero-order valence-electron chi connectivity index (χ0n) is 10.4. The highest BCUT2D eigenvalue weighted by Gasteiger charge is 2.03. The first-order chi connectivity index (χ1) is 8.29. The number of carboxylic acid groups (broad SMARTS) is 1. The number of ether oxygens (including phenoxy) is 1. The fourth-order valence-electron chi connectivity index (χ4n) is 1.92. The molecule has 0 aromatic rings. The van der Waals surface area contributed by atoms with Crippen LogP contribution in [0.25, 0.3) is 0 Å². The van der Waals surface area contributed by atoms with Gasteiger partial charge in [0.2, 0.25) is 0 Å². The van der Waals surface area contributed by atoms with E-state index >= 15 is 0 Å². The number of rotatable bonds is 10. The van der Waals surface area contributed by atoms with Gasteiger partial charge < -0.3 is 14.7 Å². The Kier molecular flexibility index (Phi) is 7.27. The van der Waals surface area contributed by atoms with Crippen LogP contribution in [0.2, 0.25) is 0 Å². The van der Waals surface area contributed by atoms with Gasteiger partial charge in [-0.3, -0.25) is 4.79 Å². The number of unbranched alkanes of at least 4 members (excludes halogenated alkanes) is 6. The van der Waals surface area contributed by atoms with Gasteiger partial charge in [-0.25, -0.2) is 0 Å². The fourth-order valence-corrected chi connectivity index (χ4v) is 1.92. The Bertz CT molecular complexity index is 241. The van der Waals surface area contributed by atoms with Crippen LogP contribution in [0.1, 0.15) is 51.4 Å². The number of aliphatic carboxylic acids is 1. The molecule has 1 N–H and O–H groups in total. The molecule has 17 heavy (non-hydrogen) atoms. The number of hydrogen-bond donors (Lipinski definition) is 1. The van der Waals surface area contributed by atoms with E-state index in [1.54, 1.807) is 6.26 Å². The van der Waals surface area contributed by atoms with Gasteiger partial charge in [-0.2, -0.15) is 0 Å². The summed E-state index contributed by atoms with van der Waals surface area (Å²) in [4.78, 5) is 12.5. The SMILES string of the molecule is O=C(O)CCCCCCCCCN1C=COC1. The monoisotopic (exact) mass is 241 g/mol. The lowest BCUT2D eigenvalue weighted by Gasteiger charge is -2.12. The topological polar surface area (TPSA) is 49.8 Å². The lowest BCUT2D eigenvalue weighted by atomic mass is 10.1. The van der Waals surface area contributed by atoms with E-state index in [0.29, 0.717) is 13.2 Å². The van der Waals surface area contributed by atoms with Gasteiger partial charge in [0.1, 0.15) is 6.26 Å². The van der Waals surface area contributed by atoms with E-state index in [4.69, 9.17) is 9.84 Å². The molecule has 1 rings (SSSR count). The second kappa shape index (κ2) is 8.90. The second-order valence-corrected chi connectivity index (χ2v) is 4.51. The molecule has 0 bridgehead atoms. The van der Waals surface area contributed by atoms with Crippen LogP contribution in [-0.2, 0) is 9.53 Å². The van der Waals surface area contributed by atoms with Gasteiger partial charge in [0, 0.05) is 19.2 Å². The molecule has 0 atom stereocenters. The van der Waals surface area contributed by atoms with Gasteiger partial charge in [-0.1, -0.05) is 32.1 Å². The molecule has 0 unspecified atom stereocenters. The Morgan fingerprint density at radius 1 is 1.12 bits per heavy atom. The van der Waals surface area contributed by atoms with E-state index in [-0.39, 0.29) is 0 Å². The lowest BCUT2D eigenvalue weighted by Crippen LogP contribution is -2.16. The highest BCUT2D eigenvalue weighted by Crippen LogP contribution is 2.10. The van der Waals surface area contributed by atoms with Crippen molar-refractivity contribution in [3.05, 3.63) is 12.5 Å². The molecule has 1 aliphatic heterocycles. The van der Waals surface area contributed by atoms with E-state index in [1.807, 2.05) is 6.20 Å². The molecular formula is C13H23NO3. The first kappa shape index (κ1) is 13.9. The van der Waals surface area contributed by atoms with E-state index in [1.165, 1.54) is 32.1 Å². The molecule has 4 nitrogen and oxygen atoms in total. The van der Waals surface area contributed by atoms with Crippen LogP contribution in [0.4, 0.5) is 0 Å². The van der Waals surface area contributed by atoms with Crippen LogP contribution in [0.3, 0.4) is 0 Å². The summed E-state index contributed by atoms with van der Waals surface area (Å²) < 4.78 is 5.10. The third kappa shape index (κ3) is 7.66. The summed E-state index contributed by atoms with van der Waals surface area (Å²) in [6, 6.07) is 0. The van der Waals surface area contributed by atoms with Crippen molar-refractivity contribution in [2.75, 3.05) is 13.3 Å². The Hall–Kier alpha value is -1.19. The smallest absolute Gasteiger partial charge is 0.303 e. The van der Waals surface area contributed by atoms with Gasteiger partial charge in [0.25, 0.3) is 0 Å². The number of carbonyl (C=O) groups is 1. The summed E-state index contributed by atoms with van der Waals surface area (Å²) in [7, 11) is 0. The summed E-state index contributed by atoms with van der Waals surface area (Å²) in [6.45, 7) is 1.78. The maximum Gasteiger partial charge on any atom is 0.303 e. The predicted molar refractivity (Wildman–Crippen MR) is 66.4 cm³/mol. The van der Waals surface area contributed by atoms with Gasteiger partial charge >= 0.3 is 5.97 Å². The summed E-state index contributed by atoms with van der Waals surface area (Å²) in [5.74, 6) is -0.675. The minimum atomic E-state index is -0.675. The van der Waals surface area contributed by atoms with E-state index in [2.05, 4.69) is 4.90 Å². The molecule has 98 valence electrons. The molecule has 0 fully saturated rings. The van der Waals surface area contributed by atoms with Crippen LogP contribution >= 0.6 is 0 Å². The number of carboxylic acids is 1. The van der Waals surface area contributed by atoms with Crippen molar-refractivity contribution in [1.29, 1.82) is 0 Å². The molecule has 0 amide bonds. The molecule has 0 aromatic heterocycles. The molecule has 0 saturated carbocycles. The second-order valence-electron chi connectivity index (χ2n) is 4.51. The fraction of sp³-hybridized carbons (Fsp3) is 0.769. The van der Waals surface area contributed by atoms with Crippen molar-refractivity contribution < 1.29 is 14.6 Å². The van der Waals surface area contributed by atoms with Crippen molar-refractivity contribution in [3.8, 4) is 0 Å². The van der Waals surface area contributed by atoms with Gasteiger partial charge in [-0.15, -0.1) is 0 Å². The largest absolute Gasteiger partial charge is 0.481 e. The predicted octanol–water partition coefficient (Wildman–Crippen LogP) is 2.95. The van der Waals surface area contributed by atoms with Crippen molar-refractivity contribution >= 4 is 5.97 Å². The summed E-state index contributed by atoms with van der Waals surface area (Å²) in [5.41, 5.74) is 0. The maximum absolute atomic E-state index is 10.3. The van der Waals surface area contributed by atoms with Crippen LogP contribution in [0.15, 0.2) is 12.5 Å².